The molecule has 1 aromatic rings. The van der Waals surface area contributed by atoms with Crippen LogP contribution in [0.5, 0.6) is 0 Å². The summed E-state index contributed by atoms with van der Waals surface area (Å²) in [6, 6.07) is 0. The van der Waals surface area contributed by atoms with Gasteiger partial charge in [0.2, 0.25) is 6.33 Å². The predicted molar refractivity (Wildman–Crippen MR) is 47.9 cm³/mol. The minimum absolute atomic E-state index is 0. The normalized spacial score (nSPS) is 9.08. The lowest BCUT2D eigenvalue weighted by Crippen LogP contribution is -2.21. The SMILES string of the molecule is C=C[n+]1ccn(CCCC)c1.[OH-]. The summed E-state index contributed by atoms with van der Waals surface area (Å²) in [6.07, 6.45) is 10.4. The summed E-state index contributed by atoms with van der Waals surface area (Å²) in [4.78, 5) is 0. The smallest absolute Gasteiger partial charge is 0.248 e. The van der Waals surface area contributed by atoms with Crippen LogP contribution in [0.15, 0.2) is 25.3 Å². The van der Waals surface area contributed by atoms with Crippen LogP contribution in [-0.2, 0) is 6.54 Å². The van der Waals surface area contributed by atoms with Crippen LogP contribution in [0.3, 0.4) is 0 Å². The van der Waals surface area contributed by atoms with Gasteiger partial charge in [0.1, 0.15) is 12.4 Å². The van der Waals surface area contributed by atoms with Crippen LogP contribution >= 0.6 is 0 Å². The number of hydrogen-bond acceptors (Lipinski definition) is 1. The molecule has 0 aliphatic carbocycles. The number of aromatic nitrogens is 2. The molecule has 1 aromatic heterocycles. The third-order valence-corrected chi connectivity index (χ3v) is 1.69. The molecule has 0 saturated heterocycles. The average Bonchev–Trinajstić information content (AvgIpc) is 2.48. The van der Waals surface area contributed by atoms with Crippen LogP contribution in [0.2, 0.25) is 0 Å². The van der Waals surface area contributed by atoms with Gasteiger partial charge in [-0.05, 0) is 6.42 Å². The lowest BCUT2D eigenvalue weighted by atomic mass is 10.3. The highest BCUT2D eigenvalue weighted by atomic mass is 16.0. The van der Waals surface area contributed by atoms with Gasteiger partial charge in [-0.25, -0.2) is 9.13 Å². The van der Waals surface area contributed by atoms with Gasteiger partial charge < -0.3 is 5.48 Å². The van der Waals surface area contributed by atoms with Gasteiger partial charge in [-0.1, -0.05) is 19.9 Å². The Morgan fingerprint density at radius 3 is 2.83 bits per heavy atom. The molecule has 0 aliphatic heterocycles. The van der Waals surface area contributed by atoms with Crippen molar-refractivity contribution in [3.05, 3.63) is 25.3 Å². The molecule has 68 valence electrons. The summed E-state index contributed by atoms with van der Waals surface area (Å²) in [6.45, 7) is 6.98. The highest BCUT2D eigenvalue weighted by Crippen LogP contribution is 1.92. The molecule has 1 rings (SSSR count). The third kappa shape index (κ3) is 2.88. The molecular formula is C9H16N2O. The molecule has 3 heteroatoms. The standard InChI is InChI=1S/C9H15N2.H2O/c1-3-5-6-11-8-7-10(4-2)9-11;/h4,7-9H,2-3,5-6H2,1H3;1H2/q+1;/p-1. The summed E-state index contributed by atoms with van der Waals surface area (Å²) in [7, 11) is 0. The van der Waals surface area contributed by atoms with E-state index in [-0.39, 0.29) is 5.48 Å². The fourth-order valence-electron chi connectivity index (χ4n) is 0.992. The molecule has 12 heavy (non-hydrogen) atoms. The van der Waals surface area contributed by atoms with Crippen molar-refractivity contribution in [2.75, 3.05) is 0 Å². The monoisotopic (exact) mass is 168 g/mol. The van der Waals surface area contributed by atoms with Crippen LogP contribution < -0.4 is 4.57 Å². The molecule has 0 aliphatic rings. The zero-order valence-electron chi connectivity index (χ0n) is 7.48. The molecule has 3 nitrogen and oxygen atoms in total. The zero-order valence-corrected chi connectivity index (χ0v) is 7.48. The van der Waals surface area contributed by atoms with Gasteiger partial charge in [0.05, 0.1) is 12.7 Å². The molecule has 0 radical (unpaired) electrons. The van der Waals surface area contributed by atoms with Crippen LogP contribution in [0.25, 0.3) is 6.20 Å². The topological polar surface area (TPSA) is 38.8 Å². The van der Waals surface area contributed by atoms with Crippen molar-refractivity contribution in [1.82, 2.24) is 4.57 Å². The summed E-state index contributed by atoms with van der Waals surface area (Å²) < 4.78 is 4.13. The van der Waals surface area contributed by atoms with E-state index in [9.17, 15) is 0 Å². The molecule has 0 unspecified atom stereocenters. The maximum atomic E-state index is 3.67. The number of nitrogens with zero attached hydrogens (tertiary/aromatic N) is 2. The van der Waals surface area contributed by atoms with Crippen molar-refractivity contribution in [2.45, 2.75) is 26.3 Å². The van der Waals surface area contributed by atoms with Crippen molar-refractivity contribution in [2.24, 2.45) is 0 Å². The molecule has 0 aromatic carbocycles. The summed E-state index contributed by atoms with van der Waals surface area (Å²) in [5.74, 6) is 0. The third-order valence-electron chi connectivity index (χ3n) is 1.69. The maximum absolute atomic E-state index is 3.67. The molecule has 1 N–H and O–H groups in total. The molecular weight excluding hydrogens is 152 g/mol. The lowest BCUT2D eigenvalue weighted by Gasteiger charge is -1.90. The van der Waals surface area contributed by atoms with Gasteiger partial charge >= 0.3 is 0 Å². The van der Waals surface area contributed by atoms with Gasteiger partial charge in [-0.15, -0.1) is 0 Å². The second-order valence-corrected chi connectivity index (χ2v) is 2.63. The van der Waals surface area contributed by atoms with E-state index >= 15 is 0 Å². The van der Waals surface area contributed by atoms with Crippen LogP contribution in [0.4, 0.5) is 0 Å². The zero-order chi connectivity index (χ0) is 8.10. The van der Waals surface area contributed by atoms with E-state index in [0.29, 0.717) is 0 Å². The summed E-state index contributed by atoms with van der Waals surface area (Å²) in [5.41, 5.74) is 0. The largest absolute Gasteiger partial charge is 0.870 e. The Morgan fingerprint density at radius 1 is 1.58 bits per heavy atom. The van der Waals surface area contributed by atoms with Gasteiger partial charge in [0.25, 0.3) is 0 Å². The van der Waals surface area contributed by atoms with Crippen molar-refractivity contribution in [3.63, 3.8) is 0 Å². The molecule has 0 bridgehead atoms. The van der Waals surface area contributed by atoms with Crippen molar-refractivity contribution in [3.8, 4) is 0 Å². The Bertz CT molecular complexity index is 230. The van der Waals surface area contributed by atoms with Gasteiger partial charge in [0.15, 0.2) is 0 Å². The first-order valence-electron chi connectivity index (χ1n) is 4.06. The Labute approximate surface area is 73.3 Å². The van der Waals surface area contributed by atoms with E-state index in [4.69, 9.17) is 0 Å². The number of rotatable bonds is 4. The fraction of sp³-hybridized carbons (Fsp3) is 0.444. The van der Waals surface area contributed by atoms with Gasteiger partial charge in [-0.3, -0.25) is 0 Å². The molecule has 0 fully saturated rings. The minimum Gasteiger partial charge on any atom is -0.870 e. The van der Waals surface area contributed by atoms with Crippen LogP contribution in [0.1, 0.15) is 19.8 Å². The Balaban J connectivity index is 0.00000121. The van der Waals surface area contributed by atoms with E-state index in [1.54, 1.807) is 6.20 Å². The van der Waals surface area contributed by atoms with Gasteiger partial charge in [0, 0.05) is 0 Å². The van der Waals surface area contributed by atoms with Gasteiger partial charge in [-0.2, -0.15) is 0 Å². The van der Waals surface area contributed by atoms with Crippen molar-refractivity contribution < 1.29 is 10.0 Å². The highest BCUT2D eigenvalue weighted by molar-refractivity contribution is 4.94. The van der Waals surface area contributed by atoms with Crippen LogP contribution in [-0.4, -0.2) is 10.0 Å². The Kier molecular flexibility index (Phi) is 5.04. The summed E-state index contributed by atoms with van der Waals surface area (Å²) in [5, 5.41) is 0. The van der Waals surface area contributed by atoms with Crippen molar-refractivity contribution >= 4 is 6.20 Å². The first kappa shape index (κ1) is 10.9. The van der Waals surface area contributed by atoms with E-state index in [1.165, 1.54) is 12.8 Å². The molecule has 1 heterocycles. The number of unbranched alkanes of at least 4 members (excludes halogenated alkanes) is 1. The van der Waals surface area contributed by atoms with Crippen LogP contribution in [0, 0.1) is 0 Å². The Hall–Kier alpha value is -1.09. The summed E-state index contributed by atoms with van der Waals surface area (Å²) >= 11 is 0. The molecule has 0 amide bonds. The highest BCUT2D eigenvalue weighted by Gasteiger charge is 1.97. The quantitative estimate of drug-likeness (QED) is 0.628. The number of imidazole rings is 1. The first-order valence-corrected chi connectivity index (χ1v) is 4.06. The lowest BCUT2D eigenvalue weighted by molar-refractivity contribution is -0.567. The second-order valence-electron chi connectivity index (χ2n) is 2.63. The second kappa shape index (κ2) is 5.55. The predicted octanol–water partition coefficient (Wildman–Crippen LogP) is 1.50. The Morgan fingerprint density at radius 2 is 2.33 bits per heavy atom. The van der Waals surface area contributed by atoms with E-state index in [1.807, 2.05) is 17.1 Å². The van der Waals surface area contributed by atoms with E-state index in [2.05, 4.69) is 24.3 Å². The number of aryl methyl sites for hydroxylation is 1. The first-order chi connectivity index (χ1) is 5.36. The fourth-order valence-corrected chi connectivity index (χ4v) is 0.992. The molecule has 0 saturated carbocycles. The average molecular weight is 168 g/mol. The van der Waals surface area contributed by atoms with E-state index < -0.39 is 0 Å². The molecule has 0 spiro atoms. The number of hydrogen-bond donors (Lipinski definition) is 0. The molecule has 0 atom stereocenters. The van der Waals surface area contributed by atoms with E-state index in [0.717, 1.165) is 6.54 Å². The van der Waals surface area contributed by atoms with Crippen molar-refractivity contribution in [1.29, 1.82) is 0 Å². The minimum atomic E-state index is 0. The maximum Gasteiger partial charge on any atom is 0.248 e.